The van der Waals surface area contributed by atoms with E-state index in [1.165, 1.54) is 49.8 Å². The molecular formula is C25H23N5S. The standard InChI is InChI=1S/C25H23N5S/c1-28-14-20(16-6-2-4-8-21(16)28)18-12-27-13-19(18)24-17-7-3-5-9-22(17)30-11-10-29(25(26)31)15-23(24)30/h2-9,12-14,27H,10-11,15H2,1H3,(H2,26,31). The largest absolute Gasteiger partial charge is 0.376 e. The van der Waals surface area contributed by atoms with E-state index in [0.29, 0.717) is 5.11 Å². The van der Waals surface area contributed by atoms with Gasteiger partial charge in [0.2, 0.25) is 0 Å². The number of aromatic nitrogens is 3. The van der Waals surface area contributed by atoms with Crippen molar-refractivity contribution in [3.63, 3.8) is 0 Å². The number of thiocarbonyl (C=S) groups is 1. The minimum atomic E-state index is 0.464. The van der Waals surface area contributed by atoms with Gasteiger partial charge in [-0.05, 0) is 24.4 Å². The maximum absolute atomic E-state index is 6.01. The Labute approximate surface area is 185 Å². The Morgan fingerprint density at radius 2 is 1.61 bits per heavy atom. The molecule has 0 atom stereocenters. The first-order valence-electron chi connectivity index (χ1n) is 10.5. The van der Waals surface area contributed by atoms with E-state index in [0.717, 1.165) is 19.6 Å². The highest BCUT2D eigenvalue weighted by molar-refractivity contribution is 7.80. The van der Waals surface area contributed by atoms with Crippen molar-refractivity contribution >= 4 is 39.1 Å². The quantitative estimate of drug-likeness (QED) is 0.397. The normalized spacial score (nSPS) is 13.8. The van der Waals surface area contributed by atoms with Gasteiger partial charge in [-0.2, -0.15) is 0 Å². The SMILES string of the molecule is Cn1cc(-c2c[nH]cc2-c2c3n(c4ccccc24)CCN(C(N)=S)C3)c2ccccc21. The summed E-state index contributed by atoms with van der Waals surface area (Å²) in [6, 6.07) is 17.2. The number of nitrogens with one attached hydrogen (secondary N) is 1. The number of rotatable bonds is 2. The van der Waals surface area contributed by atoms with E-state index in [1.807, 2.05) is 0 Å². The van der Waals surface area contributed by atoms with Crippen molar-refractivity contribution in [2.45, 2.75) is 13.1 Å². The molecule has 3 aromatic heterocycles. The second kappa shape index (κ2) is 6.75. The molecule has 0 unspecified atom stereocenters. The molecule has 0 amide bonds. The molecule has 0 radical (unpaired) electrons. The lowest BCUT2D eigenvalue weighted by Gasteiger charge is -2.30. The van der Waals surface area contributed by atoms with Crippen LogP contribution in [0.15, 0.2) is 67.1 Å². The zero-order chi connectivity index (χ0) is 21.1. The molecule has 5 nitrogen and oxygen atoms in total. The molecule has 154 valence electrons. The smallest absolute Gasteiger partial charge is 0.166 e. The molecule has 6 rings (SSSR count). The molecular weight excluding hydrogens is 402 g/mol. The lowest BCUT2D eigenvalue weighted by molar-refractivity contribution is 0.343. The topological polar surface area (TPSA) is 54.9 Å². The van der Waals surface area contributed by atoms with Crippen molar-refractivity contribution in [1.82, 2.24) is 19.0 Å². The molecule has 3 N–H and O–H groups in total. The fourth-order valence-electron chi connectivity index (χ4n) is 5.10. The fourth-order valence-corrected chi connectivity index (χ4v) is 5.25. The third kappa shape index (κ3) is 2.65. The van der Waals surface area contributed by atoms with Crippen LogP contribution < -0.4 is 5.73 Å². The monoisotopic (exact) mass is 425 g/mol. The van der Waals surface area contributed by atoms with Crippen LogP contribution in [-0.2, 0) is 20.1 Å². The number of fused-ring (bicyclic) bond motifs is 4. The first-order valence-corrected chi connectivity index (χ1v) is 10.9. The van der Waals surface area contributed by atoms with Gasteiger partial charge in [-0.3, -0.25) is 0 Å². The molecule has 1 aliphatic heterocycles. The molecule has 4 heterocycles. The molecule has 31 heavy (non-hydrogen) atoms. The van der Waals surface area contributed by atoms with Crippen LogP contribution in [0.1, 0.15) is 5.69 Å². The number of nitrogens with zero attached hydrogens (tertiary/aromatic N) is 3. The lowest BCUT2D eigenvalue weighted by atomic mass is 9.96. The molecule has 0 bridgehead atoms. The average molecular weight is 426 g/mol. The van der Waals surface area contributed by atoms with E-state index in [2.05, 4.69) is 93.2 Å². The van der Waals surface area contributed by atoms with Crippen LogP contribution in [0.4, 0.5) is 0 Å². The molecule has 0 saturated heterocycles. The number of H-pyrrole nitrogens is 1. The van der Waals surface area contributed by atoms with Crippen LogP contribution >= 0.6 is 12.2 Å². The summed E-state index contributed by atoms with van der Waals surface area (Å²) < 4.78 is 4.63. The van der Waals surface area contributed by atoms with Crippen molar-refractivity contribution in [2.24, 2.45) is 12.8 Å². The van der Waals surface area contributed by atoms with Crippen LogP contribution in [0.5, 0.6) is 0 Å². The maximum Gasteiger partial charge on any atom is 0.166 e. The Hall–Kier alpha value is -3.51. The maximum atomic E-state index is 6.01. The van der Waals surface area contributed by atoms with Gasteiger partial charge >= 0.3 is 0 Å². The highest BCUT2D eigenvalue weighted by Gasteiger charge is 2.27. The highest BCUT2D eigenvalue weighted by Crippen LogP contribution is 2.43. The Morgan fingerprint density at radius 3 is 2.42 bits per heavy atom. The van der Waals surface area contributed by atoms with Gasteiger partial charge in [0.05, 0.1) is 6.54 Å². The predicted molar refractivity (Wildman–Crippen MR) is 131 cm³/mol. The number of hydrogen-bond acceptors (Lipinski definition) is 1. The molecule has 0 aliphatic carbocycles. The predicted octanol–water partition coefficient (Wildman–Crippen LogP) is 4.85. The van der Waals surface area contributed by atoms with E-state index in [9.17, 15) is 0 Å². The number of hydrogen-bond donors (Lipinski definition) is 2. The molecule has 1 aliphatic rings. The van der Waals surface area contributed by atoms with E-state index in [4.69, 9.17) is 18.0 Å². The van der Waals surface area contributed by atoms with Gasteiger partial charge in [0, 0.05) is 88.5 Å². The Kier molecular flexibility index (Phi) is 3.98. The van der Waals surface area contributed by atoms with Crippen LogP contribution in [0, 0.1) is 0 Å². The number of para-hydroxylation sites is 2. The third-order valence-electron chi connectivity index (χ3n) is 6.53. The molecule has 6 heteroatoms. The second-order valence-electron chi connectivity index (χ2n) is 8.20. The molecule has 0 spiro atoms. The molecule has 5 aromatic rings. The number of nitrogens with two attached hydrogens (primary N) is 1. The summed E-state index contributed by atoms with van der Waals surface area (Å²) >= 11 is 5.31. The first-order chi connectivity index (χ1) is 15.1. The first kappa shape index (κ1) is 18.3. The summed E-state index contributed by atoms with van der Waals surface area (Å²) in [6.45, 7) is 2.43. The van der Waals surface area contributed by atoms with Gasteiger partial charge in [-0.25, -0.2) is 0 Å². The average Bonchev–Trinajstić information content (AvgIpc) is 3.47. The Morgan fingerprint density at radius 1 is 0.903 bits per heavy atom. The second-order valence-corrected chi connectivity index (χ2v) is 8.62. The van der Waals surface area contributed by atoms with E-state index in [-0.39, 0.29) is 0 Å². The number of benzene rings is 2. The summed E-state index contributed by atoms with van der Waals surface area (Å²) in [5, 5.41) is 2.99. The summed E-state index contributed by atoms with van der Waals surface area (Å²) in [5.41, 5.74) is 14.7. The van der Waals surface area contributed by atoms with Crippen molar-refractivity contribution in [3.8, 4) is 22.3 Å². The zero-order valence-corrected chi connectivity index (χ0v) is 18.1. The zero-order valence-electron chi connectivity index (χ0n) is 17.3. The van der Waals surface area contributed by atoms with Crippen molar-refractivity contribution in [1.29, 1.82) is 0 Å². The molecule has 0 fully saturated rings. The highest BCUT2D eigenvalue weighted by atomic mass is 32.1. The van der Waals surface area contributed by atoms with E-state index in [1.54, 1.807) is 0 Å². The van der Waals surface area contributed by atoms with Gasteiger partial charge in [-0.15, -0.1) is 0 Å². The van der Waals surface area contributed by atoms with Crippen molar-refractivity contribution in [2.75, 3.05) is 6.54 Å². The van der Waals surface area contributed by atoms with E-state index < -0.39 is 0 Å². The van der Waals surface area contributed by atoms with Crippen LogP contribution in [0.3, 0.4) is 0 Å². The fraction of sp³-hybridized carbons (Fsp3) is 0.160. The summed E-state index contributed by atoms with van der Waals surface area (Å²) in [5.74, 6) is 0. The molecule has 0 saturated carbocycles. The summed E-state index contributed by atoms with van der Waals surface area (Å²) in [4.78, 5) is 5.48. The van der Waals surface area contributed by atoms with Crippen LogP contribution in [0.25, 0.3) is 44.1 Å². The Balaban J connectivity index is 1.63. The van der Waals surface area contributed by atoms with Gasteiger partial charge in [0.1, 0.15) is 0 Å². The minimum absolute atomic E-state index is 0.464. The minimum Gasteiger partial charge on any atom is -0.376 e. The van der Waals surface area contributed by atoms with Crippen molar-refractivity contribution in [3.05, 3.63) is 72.8 Å². The summed E-state index contributed by atoms with van der Waals surface area (Å²) in [6.07, 6.45) is 6.47. The van der Waals surface area contributed by atoms with Gasteiger partial charge < -0.3 is 24.8 Å². The number of aryl methyl sites for hydroxylation is 1. The Bertz CT molecular complexity index is 1470. The lowest BCUT2D eigenvalue weighted by Crippen LogP contribution is -2.41. The van der Waals surface area contributed by atoms with Crippen LogP contribution in [-0.4, -0.2) is 30.7 Å². The third-order valence-corrected chi connectivity index (χ3v) is 6.78. The van der Waals surface area contributed by atoms with Gasteiger partial charge in [0.15, 0.2) is 5.11 Å². The van der Waals surface area contributed by atoms with Crippen molar-refractivity contribution < 1.29 is 0 Å². The van der Waals surface area contributed by atoms with Crippen LogP contribution in [0.2, 0.25) is 0 Å². The van der Waals surface area contributed by atoms with Gasteiger partial charge in [0.25, 0.3) is 0 Å². The number of aromatic amines is 1. The van der Waals surface area contributed by atoms with Gasteiger partial charge in [-0.1, -0.05) is 36.4 Å². The summed E-state index contributed by atoms with van der Waals surface area (Å²) in [7, 11) is 2.11. The molecule has 2 aromatic carbocycles. The van der Waals surface area contributed by atoms with E-state index >= 15 is 0 Å².